The highest BCUT2D eigenvalue weighted by Gasteiger charge is 2.25. The van der Waals surface area contributed by atoms with Gasteiger partial charge in [-0.2, -0.15) is 0 Å². The van der Waals surface area contributed by atoms with Crippen LogP contribution in [-0.2, 0) is 4.79 Å². The van der Waals surface area contributed by atoms with E-state index in [1.165, 1.54) is 5.56 Å². The maximum absolute atomic E-state index is 11.3. The molecular weight excluding hydrogens is 176 g/mol. The SMILES string of the molecule is Cc1ccc2c(c1C)OC(=O)CC2C. The molecule has 14 heavy (non-hydrogen) atoms. The molecule has 0 aromatic heterocycles. The number of hydrogen-bond acceptors (Lipinski definition) is 2. The summed E-state index contributed by atoms with van der Waals surface area (Å²) in [6.45, 7) is 6.09. The van der Waals surface area contributed by atoms with E-state index in [-0.39, 0.29) is 11.9 Å². The summed E-state index contributed by atoms with van der Waals surface area (Å²) in [6.07, 6.45) is 0.496. The van der Waals surface area contributed by atoms with Gasteiger partial charge in [-0.15, -0.1) is 0 Å². The molecule has 1 unspecified atom stereocenters. The Hall–Kier alpha value is -1.31. The molecule has 0 amide bonds. The van der Waals surface area contributed by atoms with Crippen LogP contribution >= 0.6 is 0 Å². The normalized spacial score (nSPS) is 20.2. The zero-order chi connectivity index (χ0) is 10.3. The molecule has 2 nitrogen and oxygen atoms in total. The third kappa shape index (κ3) is 1.31. The van der Waals surface area contributed by atoms with Crippen molar-refractivity contribution in [1.82, 2.24) is 0 Å². The molecule has 1 aromatic rings. The van der Waals surface area contributed by atoms with Crippen LogP contribution < -0.4 is 4.74 Å². The molecule has 0 saturated heterocycles. The van der Waals surface area contributed by atoms with E-state index in [4.69, 9.17) is 4.74 Å². The summed E-state index contributed by atoms with van der Waals surface area (Å²) in [7, 11) is 0. The number of esters is 1. The van der Waals surface area contributed by atoms with Gasteiger partial charge in [0.05, 0.1) is 6.42 Å². The second-order valence-corrected chi connectivity index (χ2v) is 4.01. The van der Waals surface area contributed by atoms with Gasteiger partial charge in [-0.3, -0.25) is 4.79 Å². The number of benzene rings is 1. The van der Waals surface area contributed by atoms with Crippen LogP contribution in [0.1, 0.15) is 36.0 Å². The molecule has 74 valence electrons. The Morgan fingerprint density at radius 1 is 1.36 bits per heavy atom. The average molecular weight is 190 g/mol. The first-order chi connectivity index (χ1) is 6.59. The fourth-order valence-electron chi connectivity index (χ4n) is 1.85. The number of carbonyl (C=O) groups is 1. The largest absolute Gasteiger partial charge is 0.426 e. The van der Waals surface area contributed by atoms with Gasteiger partial charge in [0.1, 0.15) is 5.75 Å². The average Bonchev–Trinajstić information content (AvgIpc) is 2.12. The maximum Gasteiger partial charge on any atom is 0.311 e. The van der Waals surface area contributed by atoms with Gasteiger partial charge in [0.2, 0.25) is 0 Å². The van der Waals surface area contributed by atoms with Crippen LogP contribution in [0.3, 0.4) is 0 Å². The van der Waals surface area contributed by atoms with Crippen LogP contribution in [0.2, 0.25) is 0 Å². The summed E-state index contributed by atoms with van der Waals surface area (Å²) in [5.74, 6) is 0.956. The van der Waals surface area contributed by atoms with Crippen molar-refractivity contribution in [3.05, 3.63) is 28.8 Å². The second-order valence-electron chi connectivity index (χ2n) is 4.01. The Labute approximate surface area is 83.9 Å². The molecule has 1 aromatic carbocycles. The Balaban J connectivity index is 2.59. The van der Waals surface area contributed by atoms with E-state index in [0.29, 0.717) is 6.42 Å². The van der Waals surface area contributed by atoms with E-state index in [0.717, 1.165) is 16.9 Å². The van der Waals surface area contributed by atoms with Gasteiger partial charge < -0.3 is 4.74 Å². The lowest BCUT2D eigenvalue weighted by molar-refractivity contribution is -0.135. The minimum Gasteiger partial charge on any atom is -0.426 e. The Morgan fingerprint density at radius 2 is 2.07 bits per heavy atom. The summed E-state index contributed by atoms with van der Waals surface area (Å²) in [5.41, 5.74) is 3.42. The van der Waals surface area contributed by atoms with Crippen LogP contribution in [0.5, 0.6) is 5.75 Å². The van der Waals surface area contributed by atoms with Crippen molar-refractivity contribution in [2.45, 2.75) is 33.1 Å². The first-order valence-electron chi connectivity index (χ1n) is 4.90. The van der Waals surface area contributed by atoms with Crippen molar-refractivity contribution in [2.24, 2.45) is 0 Å². The molecule has 1 aliphatic rings. The highest BCUT2D eigenvalue weighted by Crippen LogP contribution is 2.37. The number of carbonyl (C=O) groups excluding carboxylic acids is 1. The third-order valence-corrected chi connectivity index (χ3v) is 2.93. The Kier molecular flexibility index (Phi) is 2.06. The molecule has 1 heterocycles. The summed E-state index contributed by atoms with van der Waals surface area (Å²) in [6, 6.07) is 4.15. The number of rotatable bonds is 0. The van der Waals surface area contributed by atoms with Crippen LogP contribution in [0, 0.1) is 13.8 Å². The van der Waals surface area contributed by atoms with Crippen molar-refractivity contribution >= 4 is 5.97 Å². The Bertz CT molecular complexity index is 394. The van der Waals surface area contributed by atoms with E-state index < -0.39 is 0 Å². The van der Waals surface area contributed by atoms with Gasteiger partial charge in [0.15, 0.2) is 0 Å². The van der Waals surface area contributed by atoms with Gasteiger partial charge in [-0.1, -0.05) is 19.1 Å². The molecule has 1 atom stereocenters. The van der Waals surface area contributed by atoms with Crippen molar-refractivity contribution < 1.29 is 9.53 Å². The quantitative estimate of drug-likeness (QED) is 0.464. The third-order valence-electron chi connectivity index (χ3n) is 2.93. The molecule has 0 radical (unpaired) electrons. The van der Waals surface area contributed by atoms with Crippen LogP contribution in [-0.4, -0.2) is 5.97 Å². The van der Waals surface area contributed by atoms with Crippen LogP contribution in [0.25, 0.3) is 0 Å². The zero-order valence-corrected chi connectivity index (χ0v) is 8.76. The summed E-state index contributed by atoms with van der Waals surface area (Å²) in [5, 5.41) is 0. The lowest BCUT2D eigenvalue weighted by atomic mass is 9.91. The second kappa shape index (κ2) is 3.12. The molecule has 0 saturated carbocycles. The van der Waals surface area contributed by atoms with Crippen molar-refractivity contribution in [1.29, 1.82) is 0 Å². The summed E-state index contributed by atoms with van der Waals surface area (Å²) < 4.78 is 5.27. The van der Waals surface area contributed by atoms with Gasteiger partial charge in [0, 0.05) is 0 Å². The van der Waals surface area contributed by atoms with E-state index in [1.807, 2.05) is 13.8 Å². The summed E-state index contributed by atoms with van der Waals surface area (Å²) >= 11 is 0. The topological polar surface area (TPSA) is 26.3 Å². The van der Waals surface area contributed by atoms with Gasteiger partial charge in [-0.25, -0.2) is 0 Å². The number of ether oxygens (including phenoxy) is 1. The lowest BCUT2D eigenvalue weighted by Gasteiger charge is -2.23. The number of fused-ring (bicyclic) bond motifs is 1. The van der Waals surface area contributed by atoms with Crippen LogP contribution in [0.15, 0.2) is 12.1 Å². The lowest BCUT2D eigenvalue weighted by Crippen LogP contribution is -2.19. The first-order valence-corrected chi connectivity index (χ1v) is 4.90. The summed E-state index contributed by atoms with van der Waals surface area (Å²) in [4.78, 5) is 11.3. The van der Waals surface area contributed by atoms with Crippen molar-refractivity contribution in [2.75, 3.05) is 0 Å². The predicted molar refractivity (Wildman–Crippen MR) is 54.6 cm³/mol. The van der Waals surface area contributed by atoms with E-state index in [2.05, 4.69) is 19.1 Å². The maximum atomic E-state index is 11.3. The molecule has 2 rings (SSSR count). The smallest absolute Gasteiger partial charge is 0.311 e. The molecule has 2 heteroatoms. The van der Waals surface area contributed by atoms with Gasteiger partial charge >= 0.3 is 5.97 Å². The van der Waals surface area contributed by atoms with Gasteiger partial charge in [-0.05, 0) is 36.5 Å². The fourth-order valence-corrected chi connectivity index (χ4v) is 1.85. The monoisotopic (exact) mass is 190 g/mol. The highest BCUT2D eigenvalue weighted by atomic mass is 16.5. The zero-order valence-electron chi connectivity index (χ0n) is 8.76. The molecule has 0 bridgehead atoms. The predicted octanol–water partition coefficient (Wildman–Crippen LogP) is 2.72. The number of aryl methyl sites for hydroxylation is 1. The van der Waals surface area contributed by atoms with Crippen molar-refractivity contribution in [3.8, 4) is 5.75 Å². The first kappa shape index (κ1) is 9.25. The molecule has 0 N–H and O–H groups in total. The highest BCUT2D eigenvalue weighted by molar-refractivity contribution is 5.77. The van der Waals surface area contributed by atoms with E-state index in [1.54, 1.807) is 0 Å². The van der Waals surface area contributed by atoms with Gasteiger partial charge in [0.25, 0.3) is 0 Å². The van der Waals surface area contributed by atoms with E-state index in [9.17, 15) is 4.79 Å². The molecular formula is C12H14O2. The minimum absolute atomic E-state index is 0.112. The molecule has 1 aliphatic heterocycles. The van der Waals surface area contributed by atoms with Crippen molar-refractivity contribution in [3.63, 3.8) is 0 Å². The molecule has 0 aliphatic carbocycles. The van der Waals surface area contributed by atoms with Crippen LogP contribution in [0.4, 0.5) is 0 Å². The fraction of sp³-hybridized carbons (Fsp3) is 0.417. The number of hydrogen-bond donors (Lipinski definition) is 0. The van der Waals surface area contributed by atoms with E-state index >= 15 is 0 Å². The minimum atomic E-state index is -0.112. The Morgan fingerprint density at radius 3 is 2.79 bits per heavy atom. The molecule has 0 spiro atoms. The molecule has 0 fully saturated rings. The standard InChI is InChI=1S/C12H14O2/c1-7-4-5-10-8(2)6-11(13)14-12(10)9(7)3/h4-5,8H,6H2,1-3H3.